The summed E-state index contributed by atoms with van der Waals surface area (Å²) in [5.41, 5.74) is 9.27. The van der Waals surface area contributed by atoms with Crippen LogP contribution in [0.5, 0.6) is 5.75 Å². The second kappa shape index (κ2) is 6.08. The molecule has 1 aliphatic carbocycles. The number of anilines is 2. The molecule has 3 rings (SSSR count). The second-order valence-corrected chi connectivity index (χ2v) is 5.54. The molecule has 0 atom stereocenters. The van der Waals surface area contributed by atoms with Gasteiger partial charge in [0.05, 0.1) is 6.61 Å². The number of rotatable bonds is 6. The fraction of sp³-hybridized carbons (Fsp3) is 0.333. The van der Waals surface area contributed by atoms with Gasteiger partial charge in [-0.25, -0.2) is 0 Å². The van der Waals surface area contributed by atoms with Crippen LogP contribution in [0.2, 0.25) is 0 Å². The summed E-state index contributed by atoms with van der Waals surface area (Å²) in [7, 11) is 0. The summed E-state index contributed by atoms with van der Waals surface area (Å²) in [6.45, 7) is 3.57. The molecule has 3 heteroatoms. The molecule has 0 unspecified atom stereocenters. The van der Waals surface area contributed by atoms with Crippen LogP contribution in [-0.2, 0) is 6.54 Å². The predicted octanol–water partition coefficient (Wildman–Crippen LogP) is 3.84. The Morgan fingerprint density at radius 3 is 2.57 bits per heavy atom. The van der Waals surface area contributed by atoms with Crippen LogP contribution in [-0.4, -0.2) is 12.6 Å². The highest BCUT2D eigenvalue weighted by Crippen LogP contribution is 2.35. The van der Waals surface area contributed by atoms with Crippen molar-refractivity contribution in [3.8, 4) is 5.75 Å². The van der Waals surface area contributed by atoms with Crippen LogP contribution in [0.1, 0.15) is 25.3 Å². The van der Waals surface area contributed by atoms with Gasteiger partial charge in [0.15, 0.2) is 0 Å². The van der Waals surface area contributed by atoms with Gasteiger partial charge in [0, 0.05) is 36.1 Å². The smallest absolute Gasteiger partial charge is 0.123 e. The van der Waals surface area contributed by atoms with Gasteiger partial charge in [-0.3, -0.25) is 0 Å². The van der Waals surface area contributed by atoms with Gasteiger partial charge in [0.2, 0.25) is 0 Å². The van der Waals surface area contributed by atoms with Crippen LogP contribution < -0.4 is 15.4 Å². The lowest BCUT2D eigenvalue weighted by Gasteiger charge is -2.26. The maximum atomic E-state index is 6.03. The number of hydrogen-bond donors (Lipinski definition) is 1. The zero-order chi connectivity index (χ0) is 14.7. The maximum absolute atomic E-state index is 6.03. The Bertz CT molecular complexity index is 593. The highest BCUT2D eigenvalue weighted by atomic mass is 16.5. The third-order valence-electron chi connectivity index (χ3n) is 3.74. The first-order valence-corrected chi connectivity index (χ1v) is 7.60. The fourth-order valence-electron chi connectivity index (χ4n) is 2.62. The van der Waals surface area contributed by atoms with Crippen LogP contribution >= 0.6 is 0 Å². The lowest BCUT2D eigenvalue weighted by atomic mass is 10.1. The number of benzene rings is 2. The van der Waals surface area contributed by atoms with E-state index in [0.717, 1.165) is 23.7 Å². The minimum Gasteiger partial charge on any atom is -0.494 e. The average Bonchev–Trinajstić information content (AvgIpc) is 3.30. The van der Waals surface area contributed by atoms with E-state index in [4.69, 9.17) is 10.5 Å². The molecule has 1 aliphatic rings. The first-order valence-electron chi connectivity index (χ1n) is 7.60. The Kier molecular flexibility index (Phi) is 4.00. The third-order valence-corrected chi connectivity index (χ3v) is 3.74. The Balaban J connectivity index is 1.87. The Hall–Kier alpha value is -2.16. The third kappa shape index (κ3) is 3.48. The molecule has 1 saturated carbocycles. The SMILES string of the molecule is CCOc1cc(N)cc(N(Cc2ccccc2)C2CC2)c1. The van der Waals surface area contributed by atoms with Gasteiger partial charge in [-0.2, -0.15) is 0 Å². The number of nitrogen functional groups attached to an aromatic ring is 1. The van der Waals surface area contributed by atoms with Gasteiger partial charge < -0.3 is 15.4 Å². The first-order chi connectivity index (χ1) is 10.3. The quantitative estimate of drug-likeness (QED) is 0.818. The lowest BCUT2D eigenvalue weighted by Crippen LogP contribution is -2.25. The van der Waals surface area contributed by atoms with Crippen LogP contribution in [0, 0.1) is 0 Å². The molecule has 0 heterocycles. The van der Waals surface area contributed by atoms with E-state index in [-0.39, 0.29) is 0 Å². The Labute approximate surface area is 126 Å². The van der Waals surface area contributed by atoms with Crippen molar-refractivity contribution in [2.45, 2.75) is 32.4 Å². The van der Waals surface area contributed by atoms with E-state index in [0.29, 0.717) is 12.6 Å². The standard InChI is InChI=1S/C18H22N2O/c1-2-21-18-11-15(19)10-17(12-18)20(16-8-9-16)13-14-6-4-3-5-7-14/h3-7,10-12,16H,2,8-9,13,19H2,1H3. The van der Waals surface area contributed by atoms with Gasteiger partial charge in [0.1, 0.15) is 5.75 Å². The van der Waals surface area contributed by atoms with Gasteiger partial charge in [0.25, 0.3) is 0 Å². The molecule has 0 radical (unpaired) electrons. The van der Waals surface area contributed by atoms with E-state index in [2.05, 4.69) is 41.3 Å². The summed E-state index contributed by atoms with van der Waals surface area (Å²) in [6.07, 6.45) is 2.51. The van der Waals surface area contributed by atoms with Crippen molar-refractivity contribution in [3.63, 3.8) is 0 Å². The lowest BCUT2D eigenvalue weighted by molar-refractivity contribution is 0.340. The van der Waals surface area contributed by atoms with Crippen molar-refractivity contribution >= 4 is 11.4 Å². The highest BCUT2D eigenvalue weighted by Gasteiger charge is 2.29. The molecule has 2 N–H and O–H groups in total. The van der Waals surface area contributed by atoms with E-state index in [9.17, 15) is 0 Å². The normalized spacial score (nSPS) is 14.0. The van der Waals surface area contributed by atoms with Gasteiger partial charge >= 0.3 is 0 Å². The summed E-state index contributed by atoms with van der Waals surface area (Å²) in [6, 6.07) is 17.2. The average molecular weight is 282 g/mol. The van der Waals surface area contributed by atoms with Crippen LogP contribution in [0.3, 0.4) is 0 Å². The van der Waals surface area contributed by atoms with Crippen molar-refractivity contribution < 1.29 is 4.74 Å². The largest absolute Gasteiger partial charge is 0.494 e. The summed E-state index contributed by atoms with van der Waals surface area (Å²) in [5.74, 6) is 0.853. The molecule has 2 aromatic carbocycles. The molecular formula is C18H22N2O. The fourth-order valence-corrected chi connectivity index (χ4v) is 2.62. The molecule has 0 spiro atoms. The van der Waals surface area contributed by atoms with Gasteiger partial charge in [-0.15, -0.1) is 0 Å². The van der Waals surface area contributed by atoms with Gasteiger partial charge in [-0.1, -0.05) is 30.3 Å². The molecule has 0 bridgehead atoms. The van der Waals surface area contributed by atoms with Crippen molar-refractivity contribution in [1.82, 2.24) is 0 Å². The van der Waals surface area contributed by atoms with E-state index < -0.39 is 0 Å². The number of ether oxygens (including phenoxy) is 1. The summed E-state index contributed by atoms with van der Waals surface area (Å²) >= 11 is 0. The van der Waals surface area contributed by atoms with Crippen molar-refractivity contribution in [2.75, 3.05) is 17.2 Å². The Morgan fingerprint density at radius 2 is 1.90 bits per heavy atom. The number of hydrogen-bond acceptors (Lipinski definition) is 3. The monoisotopic (exact) mass is 282 g/mol. The first kappa shape index (κ1) is 13.8. The molecule has 21 heavy (non-hydrogen) atoms. The van der Waals surface area contributed by atoms with E-state index in [1.807, 2.05) is 19.1 Å². The number of nitrogens with zero attached hydrogens (tertiary/aromatic N) is 1. The highest BCUT2D eigenvalue weighted by molar-refractivity contribution is 5.61. The molecule has 0 aromatic heterocycles. The van der Waals surface area contributed by atoms with Crippen LogP contribution in [0.15, 0.2) is 48.5 Å². The van der Waals surface area contributed by atoms with Crippen molar-refractivity contribution in [2.24, 2.45) is 0 Å². The van der Waals surface area contributed by atoms with Crippen molar-refractivity contribution in [1.29, 1.82) is 0 Å². The Morgan fingerprint density at radius 1 is 1.14 bits per heavy atom. The molecular weight excluding hydrogens is 260 g/mol. The molecule has 0 aliphatic heterocycles. The predicted molar refractivity (Wildman–Crippen MR) is 87.7 cm³/mol. The summed E-state index contributed by atoms with van der Waals surface area (Å²) in [5, 5.41) is 0. The zero-order valence-electron chi connectivity index (χ0n) is 12.5. The molecule has 3 nitrogen and oxygen atoms in total. The molecule has 0 saturated heterocycles. The molecule has 0 amide bonds. The van der Waals surface area contributed by atoms with Crippen LogP contribution in [0.25, 0.3) is 0 Å². The number of nitrogens with two attached hydrogens (primary N) is 1. The topological polar surface area (TPSA) is 38.5 Å². The summed E-state index contributed by atoms with van der Waals surface area (Å²) in [4.78, 5) is 2.44. The van der Waals surface area contributed by atoms with E-state index in [1.165, 1.54) is 18.4 Å². The minimum atomic E-state index is 0.626. The summed E-state index contributed by atoms with van der Waals surface area (Å²) < 4.78 is 5.62. The van der Waals surface area contributed by atoms with Gasteiger partial charge in [-0.05, 0) is 31.4 Å². The maximum Gasteiger partial charge on any atom is 0.123 e. The molecule has 2 aromatic rings. The van der Waals surface area contributed by atoms with Crippen LogP contribution in [0.4, 0.5) is 11.4 Å². The van der Waals surface area contributed by atoms with E-state index in [1.54, 1.807) is 0 Å². The zero-order valence-corrected chi connectivity index (χ0v) is 12.5. The molecule has 1 fully saturated rings. The van der Waals surface area contributed by atoms with E-state index >= 15 is 0 Å². The molecule has 110 valence electrons. The minimum absolute atomic E-state index is 0.626. The van der Waals surface area contributed by atoms with Crippen molar-refractivity contribution in [3.05, 3.63) is 54.1 Å². The second-order valence-electron chi connectivity index (χ2n) is 5.54.